The van der Waals surface area contributed by atoms with Gasteiger partial charge in [-0.05, 0) is 0 Å². The Kier molecular flexibility index (Phi) is 16.9. The molecule has 0 fully saturated rings. The summed E-state index contributed by atoms with van der Waals surface area (Å²) in [5, 5.41) is 15.6. The maximum atomic E-state index is 9.55. The summed E-state index contributed by atoms with van der Waals surface area (Å²) in [6.45, 7) is 0. The molecule has 0 spiro atoms. The van der Waals surface area contributed by atoms with Crippen LogP contribution in [0, 0.1) is 35.6 Å². The summed E-state index contributed by atoms with van der Waals surface area (Å²) in [4.78, 5) is 19.1. The molecule has 10 heavy (non-hydrogen) atoms. The zero-order valence-corrected chi connectivity index (χ0v) is 8.07. The van der Waals surface area contributed by atoms with Gasteiger partial charge < -0.3 is 10.2 Å². The van der Waals surface area contributed by atoms with Crippen LogP contribution in [0.5, 0.6) is 0 Å². The second-order valence-electron chi connectivity index (χ2n) is 1.01. The van der Waals surface area contributed by atoms with Gasteiger partial charge in [0.2, 0.25) is 0 Å². The van der Waals surface area contributed by atoms with E-state index in [-0.39, 0.29) is 65.2 Å². The summed E-state index contributed by atoms with van der Waals surface area (Å²) < 4.78 is 0. The van der Waals surface area contributed by atoms with Crippen LogP contribution in [0.3, 0.4) is 0 Å². The van der Waals surface area contributed by atoms with Crippen molar-refractivity contribution in [2.75, 3.05) is 0 Å². The van der Waals surface area contributed by atoms with Gasteiger partial charge in [0, 0.05) is 47.8 Å². The third-order valence-corrected chi connectivity index (χ3v) is 0.368. The fourth-order valence-corrected chi connectivity index (χ4v) is 0.143. The molecule has 0 aromatic carbocycles. The van der Waals surface area contributed by atoms with E-state index >= 15 is 0 Å². The van der Waals surface area contributed by atoms with Crippen molar-refractivity contribution in [2.24, 2.45) is 0 Å². The molecule has 6 heteroatoms. The molecule has 0 heterocycles. The average Bonchev–Trinajstić information content (AvgIpc) is 1.61. The van der Waals surface area contributed by atoms with E-state index in [1.807, 2.05) is 0 Å². The number of rotatable bonds is 2. The summed E-state index contributed by atoms with van der Waals surface area (Å²) in [5.74, 6) is -2.51. The Morgan fingerprint density at radius 1 is 1.00 bits per heavy atom. The van der Waals surface area contributed by atoms with Crippen molar-refractivity contribution in [3.8, 4) is 0 Å². The molecule has 0 saturated heterocycles. The quantitative estimate of drug-likeness (QED) is 0.505. The monoisotopic (exact) mass is 279 g/mol. The van der Waals surface area contributed by atoms with E-state index in [1.165, 1.54) is 0 Å². The standard InChI is InChI=1S/C4H4O4.La.Na.H/c5-3(6)1-2-4(7)8;;;/h1-2H,(H,5,6)(H,7,8);;;/b2-1-;;;. The Morgan fingerprint density at radius 3 is 1.30 bits per heavy atom. The van der Waals surface area contributed by atoms with Crippen LogP contribution in [0.25, 0.3) is 0 Å². The van der Waals surface area contributed by atoms with Crippen molar-refractivity contribution in [3.05, 3.63) is 12.2 Å². The molecule has 0 bridgehead atoms. The van der Waals surface area contributed by atoms with Gasteiger partial charge in [-0.3, -0.25) is 0 Å². The first-order chi connectivity index (χ1) is 3.63. The van der Waals surface area contributed by atoms with Crippen molar-refractivity contribution in [2.45, 2.75) is 0 Å². The molecule has 1 radical (unpaired) electrons. The summed E-state index contributed by atoms with van der Waals surface area (Å²) in [6.07, 6.45) is 1.12. The predicted octanol–water partition coefficient (Wildman–Crippen LogP) is -0.937. The fourth-order valence-electron chi connectivity index (χ4n) is 0.143. The number of carboxylic acids is 2. The minimum atomic E-state index is -1.26. The molecule has 0 saturated carbocycles. The normalized spacial score (nSPS) is 7.60. The zero-order valence-electron chi connectivity index (χ0n) is 4.44. The zero-order chi connectivity index (χ0) is 6.57. The first-order valence-electron chi connectivity index (χ1n) is 1.77. The SMILES string of the molecule is O=C(O)/C=C\C(=O)O.[La].[NaH]. The van der Waals surface area contributed by atoms with E-state index in [9.17, 15) is 9.59 Å². The maximum absolute atomic E-state index is 9.55. The first kappa shape index (κ1) is 17.1. The van der Waals surface area contributed by atoms with Crippen LogP contribution in [0.2, 0.25) is 0 Å². The molecule has 0 aliphatic rings. The molecule has 0 aromatic heterocycles. The van der Waals surface area contributed by atoms with Gasteiger partial charge in [0.1, 0.15) is 0 Å². The summed E-state index contributed by atoms with van der Waals surface area (Å²) >= 11 is 0. The van der Waals surface area contributed by atoms with Crippen molar-refractivity contribution in [3.63, 3.8) is 0 Å². The van der Waals surface area contributed by atoms with Gasteiger partial charge in [-0.15, -0.1) is 0 Å². The van der Waals surface area contributed by atoms with Crippen LogP contribution < -0.4 is 0 Å². The van der Waals surface area contributed by atoms with E-state index in [0.29, 0.717) is 12.2 Å². The Hall–Kier alpha value is 0.875. The summed E-state index contributed by atoms with van der Waals surface area (Å²) in [6, 6.07) is 0. The average molecular weight is 279 g/mol. The molecule has 2 N–H and O–H groups in total. The first-order valence-corrected chi connectivity index (χ1v) is 1.77. The number of carbonyl (C=O) groups is 2. The number of carboxylic acid groups (broad SMARTS) is 2. The van der Waals surface area contributed by atoms with Crippen LogP contribution in [-0.4, -0.2) is 51.7 Å². The van der Waals surface area contributed by atoms with Gasteiger partial charge >= 0.3 is 41.5 Å². The second kappa shape index (κ2) is 9.87. The molecule has 49 valence electrons. The molecule has 0 aliphatic heterocycles. The van der Waals surface area contributed by atoms with Gasteiger partial charge in [-0.25, -0.2) is 9.59 Å². The molecule has 0 amide bonds. The van der Waals surface area contributed by atoms with Crippen LogP contribution in [0.1, 0.15) is 0 Å². The molecule has 4 nitrogen and oxygen atoms in total. The topological polar surface area (TPSA) is 74.6 Å². The molecule has 0 rings (SSSR count). The van der Waals surface area contributed by atoms with Crippen LogP contribution in [0.15, 0.2) is 12.2 Å². The molecular weight excluding hydrogens is 274 g/mol. The molecule has 0 unspecified atom stereocenters. The summed E-state index contributed by atoms with van der Waals surface area (Å²) in [7, 11) is 0. The Morgan fingerprint density at radius 2 is 1.20 bits per heavy atom. The van der Waals surface area contributed by atoms with Crippen molar-refractivity contribution < 1.29 is 55.4 Å². The second-order valence-corrected chi connectivity index (χ2v) is 1.01. The van der Waals surface area contributed by atoms with E-state index in [4.69, 9.17) is 10.2 Å². The predicted molar refractivity (Wildman–Crippen MR) is 31.6 cm³/mol. The molecule has 0 atom stereocenters. The van der Waals surface area contributed by atoms with E-state index in [2.05, 4.69) is 0 Å². The van der Waals surface area contributed by atoms with Gasteiger partial charge in [0.05, 0.1) is 0 Å². The number of aliphatic carboxylic acids is 2. The molecular formula is C4H5LaNaO4. The van der Waals surface area contributed by atoms with Gasteiger partial charge in [0.15, 0.2) is 0 Å². The Bertz CT molecular complexity index is 128. The van der Waals surface area contributed by atoms with Crippen molar-refractivity contribution in [1.82, 2.24) is 0 Å². The van der Waals surface area contributed by atoms with Crippen molar-refractivity contribution in [1.29, 1.82) is 0 Å². The van der Waals surface area contributed by atoms with Crippen LogP contribution in [-0.2, 0) is 9.59 Å². The van der Waals surface area contributed by atoms with E-state index in [0.717, 1.165) is 0 Å². The van der Waals surface area contributed by atoms with E-state index < -0.39 is 11.9 Å². The van der Waals surface area contributed by atoms with Gasteiger partial charge in [-0.1, -0.05) is 0 Å². The third kappa shape index (κ3) is 15.9. The third-order valence-electron chi connectivity index (χ3n) is 0.368. The fraction of sp³-hybridized carbons (Fsp3) is 0. The molecule has 0 aromatic rings. The van der Waals surface area contributed by atoms with Crippen LogP contribution in [0.4, 0.5) is 0 Å². The number of hydrogen-bond donors (Lipinski definition) is 2. The van der Waals surface area contributed by atoms with Gasteiger partial charge in [0.25, 0.3) is 0 Å². The van der Waals surface area contributed by atoms with E-state index in [1.54, 1.807) is 0 Å². The Labute approximate surface area is 108 Å². The minimum absolute atomic E-state index is 0. The number of hydrogen-bond acceptors (Lipinski definition) is 2. The summed E-state index contributed by atoms with van der Waals surface area (Å²) in [5.41, 5.74) is 0. The van der Waals surface area contributed by atoms with Crippen molar-refractivity contribution >= 4 is 41.5 Å². The van der Waals surface area contributed by atoms with Crippen LogP contribution >= 0.6 is 0 Å². The van der Waals surface area contributed by atoms with Gasteiger partial charge in [-0.2, -0.15) is 0 Å². The Balaban J connectivity index is -0.000000245. The molecule has 0 aliphatic carbocycles.